The molecule has 4 nitrogen and oxygen atoms in total. The summed E-state index contributed by atoms with van der Waals surface area (Å²) in [6.07, 6.45) is 3.20. The van der Waals surface area contributed by atoms with Crippen LogP contribution in [0.4, 0.5) is 0 Å². The molecule has 0 aromatic heterocycles. The lowest BCUT2D eigenvalue weighted by atomic mass is 9.78. The maximum Gasteiger partial charge on any atom is 0.307 e. The molecule has 2 N–H and O–H groups in total. The van der Waals surface area contributed by atoms with Gasteiger partial charge in [-0.3, -0.25) is 9.59 Å². The standard InChI is InChI=1S/C13H23NO3/c1-8(2)9(3)14-12(15)10-6-4-5-7-11(10)13(16)17/h8-11H,4-7H2,1-3H3,(H,14,15)(H,16,17). The van der Waals surface area contributed by atoms with Crippen LogP contribution in [0, 0.1) is 17.8 Å². The van der Waals surface area contributed by atoms with Gasteiger partial charge in [-0.05, 0) is 25.7 Å². The minimum Gasteiger partial charge on any atom is -0.481 e. The molecule has 1 aliphatic rings. The third kappa shape index (κ3) is 3.72. The first-order valence-electron chi connectivity index (χ1n) is 6.46. The fraction of sp³-hybridized carbons (Fsp3) is 0.846. The Hall–Kier alpha value is -1.06. The van der Waals surface area contributed by atoms with Gasteiger partial charge >= 0.3 is 5.97 Å². The van der Waals surface area contributed by atoms with Gasteiger partial charge in [0.25, 0.3) is 0 Å². The molecule has 4 heteroatoms. The Morgan fingerprint density at radius 1 is 1.12 bits per heavy atom. The number of amides is 1. The molecule has 17 heavy (non-hydrogen) atoms. The highest BCUT2D eigenvalue weighted by Gasteiger charge is 2.36. The maximum absolute atomic E-state index is 12.1. The van der Waals surface area contributed by atoms with Gasteiger partial charge in [-0.15, -0.1) is 0 Å². The number of carboxylic acids is 1. The molecule has 0 aromatic rings. The topological polar surface area (TPSA) is 66.4 Å². The second-order valence-electron chi connectivity index (χ2n) is 5.38. The van der Waals surface area contributed by atoms with Gasteiger partial charge in [-0.25, -0.2) is 0 Å². The molecule has 1 saturated carbocycles. The van der Waals surface area contributed by atoms with Crippen molar-refractivity contribution in [3.05, 3.63) is 0 Å². The highest BCUT2D eigenvalue weighted by atomic mass is 16.4. The Kier molecular flexibility index (Phi) is 4.97. The molecule has 0 aromatic carbocycles. The Balaban J connectivity index is 2.62. The number of hydrogen-bond acceptors (Lipinski definition) is 2. The van der Waals surface area contributed by atoms with Crippen molar-refractivity contribution in [2.75, 3.05) is 0 Å². The number of carbonyl (C=O) groups excluding carboxylic acids is 1. The van der Waals surface area contributed by atoms with Crippen LogP contribution in [0.1, 0.15) is 46.5 Å². The monoisotopic (exact) mass is 241 g/mol. The first-order valence-corrected chi connectivity index (χ1v) is 6.46. The predicted octanol–water partition coefficient (Wildman–Crippen LogP) is 2.04. The van der Waals surface area contributed by atoms with Crippen LogP contribution in [-0.2, 0) is 9.59 Å². The smallest absolute Gasteiger partial charge is 0.307 e. The summed E-state index contributed by atoms with van der Waals surface area (Å²) in [7, 11) is 0. The van der Waals surface area contributed by atoms with Crippen molar-refractivity contribution in [2.24, 2.45) is 17.8 Å². The van der Waals surface area contributed by atoms with E-state index < -0.39 is 11.9 Å². The first-order chi connectivity index (χ1) is 7.93. The summed E-state index contributed by atoms with van der Waals surface area (Å²) in [4.78, 5) is 23.2. The van der Waals surface area contributed by atoms with Gasteiger partial charge in [0.05, 0.1) is 11.8 Å². The van der Waals surface area contributed by atoms with Crippen LogP contribution < -0.4 is 5.32 Å². The van der Waals surface area contributed by atoms with E-state index in [1.54, 1.807) is 0 Å². The van der Waals surface area contributed by atoms with E-state index in [1.807, 2.05) is 20.8 Å². The largest absolute Gasteiger partial charge is 0.481 e. The molecule has 0 heterocycles. The van der Waals surface area contributed by atoms with Crippen molar-refractivity contribution < 1.29 is 14.7 Å². The summed E-state index contributed by atoms with van der Waals surface area (Å²) in [6, 6.07) is 0.0962. The Morgan fingerprint density at radius 2 is 1.65 bits per heavy atom. The van der Waals surface area contributed by atoms with Gasteiger partial charge in [0, 0.05) is 6.04 Å². The average molecular weight is 241 g/mol. The van der Waals surface area contributed by atoms with E-state index in [0.29, 0.717) is 18.8 Å². The normalized spacial score (nSPS) is 26.6. The zero-order chi connectivity index (χ0) is 13.0. The fourth-order valence-electron chi connectivity index (χ4n) is 2.24. The van der Waals surface area contributed by atoms with Gasteiger partial charge in [0.1, 0.15) is 0 Å². The zero-order valence-electron chi connectivity index (χ0n) is 10.9. The number of nitrogens with one attached hydrogen (secondary N) is 1. The minimum absolute atomic E-state index is 0.0849. The lowest BCUT2D eigenvalue weighted by Crippen LogP contribution is -2.44. The van der Waals surface area contributed by atoms with Crippen molar-refractivity contribution >= 4 is 11.9 Å². The molecule has 0 radical (unpaired) electrons. The molecule has 1 aliphatic carbocycles. The van der Waals surface area contributed by atoms with E-state index in [0.717, 1.165) is 12.8 Å². The third-order valence-electron chi connectivity index (χ3n) is 3.79. The molecule has 98 valence electrons. The van der Waals surface area contributed by atoms with Crippen LogP contribution in [-0.4, -0.2) is 23.0 Å². The molecule has 3 atom stereocenters. The Morgan fingerprint density at radius 3 is 2.12 bits per heavy atom. The SMILES string of the molecule is CC(C)C(C)NC(=O)C1CCCCC1C(=O)O. The van der Waals surface area contributed by atoms with Gasteiger partial charge in [-0.1, -0.05) is 26.7 Å². The summed E-state index contributed by atoms with van der Waals surface area (Å²) in [5.41, 5.74) is 0. The molecular weight excluding hydrogens is 218 g/mol. The molecule has 3 unspecified atom stereocenters. The summed E-state index contributed by atoms with van der Waals surface area (Å²) >= 11 is 0. The van der Waals surface area contributed by atoms with Crippen molar-refractivity contribution in [3.8, 4) is 0 Å². The summed E-state index contributed by atoms with van der Waals surface area (Å²) in [6.45, 7) is 6.04. The highest BCUT2D eigenvalue weighted by Crippen LogP contribution is 2.30. The van der Waals surface area contributed by atoms with E-state index in [-0.39, 0.29) is 17.9 Å². The van der Waals surface area contributed by atoms with Crippen LogP contribution >= 0.6 is 0 Å². The number of carbonyl (C=O) groups is 2. The van der Waals surface area contributed by atoms with E-state index in [9.17, 15) is 9.59 Å². The Labute approximate surface area is 103 Å². The van der Waals surface area contributed by atoms with Crippen molar-refractivity contribution in [1.29, 1.82) is 0 Å². The number of carboxylic acid groups (broad SMARTS) is 1. The fourth-order valence-corrected chi connectivity index (χ4v) is 2.24. The second kappa shape index (κ2) is 6.03. The molecule has 0 spiro atoms. The molecule has 0 bridgehead atoms. The van der Waals surface area contributed by atoms with Crippen LogP contribution in [0.15, 0.2) is 0 Å². The quantitative estimate of drug-likeness (QED) is 0.791. The summed E-state index contributed by atoms with van der Waals surface area (Å²) in [5.74, 6) is -1.39. The first kappa shape index (κ1) is 14.0. The zero-order valence-corrected chi connectivity index (χ0v) is 10.9. The maximum atomic E-state index is 12.1. The van der Waals surface area contributed by atoms with Crippen molar-refractivity contribution in [2.45, 2.75) is 52.5 Å². The number of hydrogen-bond donors (Lipinski definition) is 2. The minimum atomic E-state index is -0.831. The van der Waals surface area contributed by atoms with E-state index in [2.05, 4.69) is 5.32 Å². The van der Waals surface area contributed by atoms with Crippen LogP contribution in [0.25, 0.3) is 0 Å². The molecular formula is C13H23NO3. The molecule has 1 amide bonds. The Bertz CT molecular complexity index is 288. The lowest BCUT2D eigenvalue weighted by Gasteiger charge is -2.29. The van der Waals surface area contributed by atoms with E-state index in [4.69, 9.17) is 5.11 Å². The molecule has 0 aliphatic heterocycles. The van der Waals surface area contributed by atoms with Crippen molar-refractivity contribution in [3.63, 3.8) is 0 Å². The lowest BCUT2D eigenvalue weighted by molar-refractivity contribution is -0.149. The predicted molar refractivity (Wildman–Crippen MR) is 65.5 cm³/mol. The molecule has 0 saturated heterocycles. The summed E-state index contributed by atoms with van der Waals surface area (Å²) in [5, 5.41) is 12.1. The third-order valence-corrected chi connectivity index (χ3v) is 3.79. The molecule has 1 fully saturated rings. The summed E-state index contributed by atoms with van der Waals surface area (Å²) < 4.78 is 0. The van der Waals surface area contributed by atoms with Crippen LogP contribution in [0.5, 0.6) is 0 Å². The number of rotatable bonds is 4. The van der Waals surface area contributed by atoms with E-state index >= 15 is 0 Å². The van der Waals surface area contributed by atoms with Gasteiger partial charge in [-0.2, -0.15) is 0 Å². The van der Waals surface area contributed by atoms with Gasteiger partial charge in [0.15, 0.2) is 0 Å². The second-order valence-corrected chi connectivity index (χ2v) is 5.38. The van der Waals surface area contributed by atoms with E-state index in [1.165, 1.54) is 0 Å². The van der Waals surface area contributed by atoms with Crippen molar-refractivity contribution in [1.82, 2.24) is 5.32 Å². The van der Waals surface area contributed by atoms with Crippen LogP contribution in [0.3, 0.4) is 0 Å². The van der Waals surface area contributed by atoms with Gasteiger partial charge < -0.3 is 10.4 Å². The highest BCUT2D eigenvalue weighted by molar-refractivity contribution is 5.85. The van der Waals surface area contributed by atoms with Crippen LogP contribution in [0.2, 0.25) is 0 Å². The van der Waals surface area contributed by atoms with Gasteiger partial charge in [0.2, 0.25) is 5.91 Å². The molecule has 1 rings (SSSR count). The average Bonchev–Trinajstić information content (AvgIpc) is 2.28. The number of aliphatic carboxylic acids is 1.